The molecular weight excluding hydrogens is 245 g/mol. The van der Waals surface area contributed by atoms with E-state index in [4.69, 9.17) is 0 Å². The van der Waals surface area contributed by atoms with Crippen LogP contribution in [0.5, 0.6) is 0 Å². The van der Waals surface area contributed by atoms with E-state index in [0.717, 1.165) is 0 Å². The number of aliphatic hydroxyl groups excluding tert-OH is 1. The molecule has 0 aliphatic rings. The fourth-order valence-corrected chi connectivity index (χ4v) is 2.24. The van der Waals surface area contributed by atoms with Crippen LogP contribution in [-0.2, 0) is 10.0 Å². The predicted octanol–water partition coefficient (Wildman–Crippen LogP) is 1.19. The van der Waals surface area contributed by atoms with Gasteiger partial charge in [-0.2, -0.15) is 0 Å². The van der Waals surface area contributed by atoms with Crippen molar-refractivity contribution in [1.82, 2.24) is 4.72 Å². The lowest BCUT2D eigenvalue weighted by Gasteiger charge is -2.20. The second-order valence-corrected chi connectivity index (χ2v) is 5.85. The van der Waals surface area contributed by atoms with Crippen LogP contribution in [0.4, 0.5) is 4.39 Å². The van der Waals surface area contributed by atoms with Crippen molar-refractivity contribution >= 4 is 10.0 Å². The van der Waals surface area contributed by atoms with E-state index in [2.05, 4.69) is 4.72 Å². The molecule has 1 aromatic carbocycles. The lowest BCUT2D eigenvalue weighted by Crippen LogP contribution is -2.37. The number of aliphatic hydroxyl groups is 1. The lowest BCUT2D eigenvalue weighted by molar-refractivity contribution is 0.146. The van der Waals surface area contributed by atoms with E-state index in [1.165, 1.54) is 31.2 Å². The summed E-state index contributed by atoms with van der Waals surface area (Å²) in [5.41, 5.74) is 0.470. The molecule has 1 aromatic rings. The molecule has 6 heteroatoms. The summed E-state index contributed by atoms with van der Waals surface area (Å²) in [5, 5.41) is 9.89. The average Bonchev–Trinajstić information content (AvgIpc) is 2.28. The number of rotatable bonds is 5. The summed E-state index contributed by atoms with van der Waals surface area (Å²) in [5.74, 6) is -0.448. The Morgan fingerprint density at radius 1 is 1.35 bits per heavy atom. The van der Waals surface area contributed by atoms with Crippen molar-refractivity contribution in [3.63, 3.8) is 0 Å². The van der Waals surface area contributed by atoms with E-state index in [1.54, 1.807) is 6.92 Å². The monoisotopic (exact) mass is 261 g/mol. The van der Waals surface area contributed by atoms with E-state index in [1.807, 2.05) is 0 Å². The first-order chi connectivity index (χ1) is 7.85. The van der Waals surface area contributed by atoms with Gasteiger partial charge in [0.15, 0.2) is 0 Å². The van der Waals surface area contributed by atoms with Crippen molar-refractivity contribution in [1.29, 1.82) is 0 Å². The summed E-state index contributed by atoms with van der Waals surface area (Å²) in [6.45, 7) is 3.07. The van der Waals surface area contributed by atoms with Gasteiger partial charge in [-0.25, -0.2) is 17.5 Å². The molecule has 0 radical (unpaired) electrons. The van der Waals surface area contributed by atoms with Gasteiger partial charge in [-0.3, -0.25) is 0 Å². The zero-order chi connectivity index (χ0) is 13.1. The van der Waals surface area contributed by atoms with Crippen LogP contribution >= 0.6 is 0 Å². The second-order valence-electron chi connectivity index (χ2n) is 3.81. The maximum atomic E-state index is 12.7. The average molecular weight is 261 g/mol. The SMILES string of the molecule is CCS(=O)(=O)NC(C)C(O)c1ccc(F)cc1. The molecule has 4 nitrogen and oxygen atoms in total. The molecule has 0 aromatic heterocycles. The van der Waals surface area contributed by atoms with Gasteiger partial charge in [-0.15, -0.1) is 0 Å². The van der Waals surface area contributed by atoms with Crippen LogP contribution in [0.15, 0.2) is 24.3 Å². The van der Waals surface area contributed by atoms with E-state index in [9.17, 15) is 17.9 Å². The fourth-order valence-electron chi connectivity index (χ4n) is 1.38. The number of halogens is 1. The summed E-state index contributed by atoms with van der Waals surface area (Å²) in [4.78, 5) is 0. The van der Waals surface area contributed by atoms with E-state index >= 15 is 0 Å². The molecule has 2 unspecified atom stereocenters. The number of hydrogen-bond acceptors (Lipinski definition) is 3. The zero-order valence-corrected chi connectivity index (χ0v) is 10.5. The number of hydrogen-bond donors (Lipinski definition) is 2. The smallest absolute Gasteiger partial charge is 0.211 e. The molecule has 0 aliphatic heterocycles. The molecule has 0 aliphatic carbocycles. The van der Waals surface area contributed by atoms with E-state index < -0.39 is 28.0 Å². The Bertz CT molecular complexity index is 458. The third kappa shape index (κ3) is 4.07. The van der Waals surface area contributed by atoms with Crippen LogP contribution in [0.2, 0.25) is 0 Å². The van der Waals surface area contributed by atoms with Gasteiger partial charge in [0.1, 0.15) is 5.82 Å². The summed E-state index contributed by atoms with van der Waals surface area (Å²) in [6.07, 6.45) is -1.00. The zero-order valence-electron chi connectivity index (χ0n) is 9.72. The van der Waals surface area contributed by atoms with Crippen molar-refractivity contribution in [2.24, 2.45) is 0 Å². The minimum atomic E-state index is -3.36. The largest absolute Gasteiger partial charge is 0.387 e. The van der Waals surface area contributed by atoms with Crippen LogP contribution in [0.3, 0.4) is 0 Å². The molecular formula is C11H16FNO3S. The van der Waals surface area contributed by atoms with Crippen LogP contribution in [-0.4, -0.2) is 25.3 Å². The summed E-state index contributed by atoms with van der Waals surface area (Å²) in [6, 6.07) is 4.64. The van der Waals surface area contributed by atoms with Gasteiger partial charge in [-0.05, 0) is 31.5 Å². The molecule has 96 valence electrons. The Kier molecular flexibility index (Phi) is 4.62. The second kappa shape index (κ2) is 5.57. The Labute approximate surface area is 101 Å². The minimum Gasteiger partial charge on any atom is -0.387 e. The van der Waals surface area contributed by atoms with Crippen molar-refractivity contribution in [3.8, 4) is 0 Å². The van der Waals surface area contributed by atoms with Crippen LogP contribution in [0.1, 0.15) is 25.5 Å². The van der Waals surface area contributed by atoms with E-state index in [0.29, 0.717) is 5.56 Å². The molecule has 0 saturated carbocycles. The Balaban J connectivity index is 2.76. The van der Waals surface area contributed by atoms with Gasteiger partial charge < -0.3 is 5.11 Å². The molecule has 0 heterocycles. The highest BCUT2D eigenvalue weighted by Gasteiger charge is 2.20. The molecule has 2 N–H and O–H groups in total. The molecule has 17 heavy (non-hydrogen) atoms. The topological polar surface area (TPSA) is 66.4 Å². The molecule has 1 rings (SSSR count). The van der Waals surface area contributed by atoms with Gasteiger partial charge >= 0.3 is 0 Å². The molecule has 2 atom stereocenters. The molecule has 0 bridgehead atoms. The summed E-state index contributed by atoms with van der Waals surface area (Å²) in [7, 11) is -3.36. The van der Waals surface area contributed by atoms with Crippen LogP contribution in [0.25, 0.3) is 0 Å². The first kappa shape index (κ1) is 14.1. The van der Waals surface area contributed by atoms with Gasteiger partial charge in [-0.1, -0.05) is 12.1 Å². The van der Waals surface area contributed by atoms with Gasteiger partial charge in [0, 0.05) is 6.04 Å². The van der Waals surface area contributed by atoms with Crippen LogP contribution in [0, 0.1) is 5.82 Å². The van der Waals surface area contributed by atoms with Gasteiger partial charge in [0.25, 0.3) is 0 Å². The third-order valence-corrected chi connectivity index (χ3v) is 3.92. The Hall–Kier alpha value is -0.980. The van der Waals surface area contributed by atoms with E-state index in [-0.39, 0.29) is 5.75 Å². The standard InChI is InChI=1S/C11H16FNO3S/c1-3-17(15,16)13-8(2)11(14)9-4-6-10(12)7-5-9/h4-8,11,13-14H,3H2,1-2H3. The molecule has 0 amide bonds. The summed E-state index contributed by atoms with van der Waals surface area (Å²) < 4.78 is 37.7. The quantitative estimate of drug-likeness (QED) is 0.836. The highest BCUT2D eigenvalue weighted by atomic mass is 32.2. The number of benzene rings is 1. The minimum absolute atomic E-state index is 0.0481. The van der Waals surface area contributed by atoms with Gasteiger partial charge in [0.05, 0.1) is 11.9 Å². The fraction of sp³-hybridized carbons (Fsp3) is 0.455. The third-order valence-electron chi connectivity index (χ3n) is 2.43. The molecule has 0 spiro atoms. The van der Waals surface area contributed by atoms with Gasteiger partial charge in [0.2, 0.25) is 10.0 Å². The summed E-state index contributed by atoms with van der Waals surface area (Å²) >= 11 is 0. The first-order valence-electron chi connectivity index (χ1n) is 5.29. The Morgan fingerprint density at radius 3 is 2.35 bits per heavy atom. The van der Waals surface area contributed by atoms with Crippen molar-refractivity contribution < 1.29 is 17.9 Å². The maximum absolute atomic E-state index is 12.7. The first-order valence-corrected chi connectivity index (χ1v) is 6.94. The lowest BCUT2D eigenvalue weighted by atomic mass is 10.0. The highest BCUT2D eigenvalue weighted by Crippen LogP contribution is 2.17. The van der Waals surface area contributed by atoms with Crippen molar-refractivity contribution in [2.75, 3.05) is 5.75 Å². The number of nitrogens with one attached hydrogen (secondary N) is 1. The van der Waals surface area contributed by atoms with Crippen LogP contribution < -0.4 is 4.72 Å². The normalized spacial score (nSPS) is 15.5. The van der Waals surface area contributed by atoms with Crippen molar-refractivity contribution in [3.05, 3.63) is 35.6 Å². The molecule has 0 fully saturated rings. The molecule has 0 saturated heterocycles. The van der Waals surface area contributed by atoms with Crippen molar-refractivity contribution in [2.45, 2.75) is 26.0 Å². The Morgan fingerprint density at radius 2 is 1.88 bits per heavy atom. The number of sulfonamides is 1. The maximum Gasteiger partial charge on any atom is 0.211 e. The highest BCUT2D eigenvalue weighted by molar-refractivity contribution is 7.89. The predicted molar refractivity (Wildman–Crippen MR) is 63.4 cm³/mol.